The number of aryl methyl sites for hydroxylation is 1. The van der Waals surface area contributed by atoms with Crippen LogP contribution in [0.1, 0.15) is 24.2 Å². The molecule has 126 valence electrons. The Morgan fingerprint density at radius 2 is 1.79 bits per heavy atom. The third kappa shape index (κ3) is 3.92. The van der Waals surface area contributed by atoms with Gasteiger partial charge in [-0.05, 0) is 38.1 Å². The smallest absolute Gasteiger partial charge is 0.321 e. The van der Waals surface area contributed by atoms with Gasteiger partial charge in [-0.3, -0.25) is 9.88 Å². The van der Waals surface area contributed by atoms with Crippen LogP contribution < -0.4 is 5.32 Å². The van der Waals surface area contributed by atoms with Gasteiger partial charge >= 0.3 is 6.03 Å². The summed E-state index contributed by atoms with van der Waals surface area (Å²) in [7, 11) is 0. The molecule has 0 radical (unpaired) electrons. The third-order valence-electron chi connectivity index (χ3n) is 4.57. The minimum atomic E-state index is -0.0241. The predicted molar refractivity (Wildman–Crippen MR) is 96.0 cm³/mol. The number of rotatable bonds is 3. The number of hydrogen-bond donors (Lipinski definition) is 1. The molecule has 1 fully saturated rings. The Balaban J connectivity index is 1.53. The summed E-state index contributed by atoms with van der Waals surface area (Å²) in [5, 5.41) is 2.97. The first-order valence-corrected chi connectivity index (χ1v) is 8.41. The van der Waals surface area contributed by atoms with Crippen LogP contribution in [-0.2, 0) is 0 Å². The summed E-state index contributed by atoms with van der Waals surface area (Å²) in [5.74, 6) is 0. The second-order valence-electron chi connectivity index (χ2n) is 6.25. The second kappa shape index (κ2) is 7.45. The van der Waals surface area contributed by atoms with E-state index in [1.165, 1.54) is 5.56 Å². The molecule has 0 spiro atoms. The highest BCUT2D eigenvalue weighted by Crippen LogP contribution is 2.20. The van der Waals surface area contributed by atoms with Gasteiger partial charge in [0.25, 0.3) is 0 Å². The van der Waals surface area contributed by atoms with E-state index in [2.05, 4.69) is 28.2 Å². The maximum atomic E-state index is 12.4. The molecule has 1 aromatic carbocycles. The van der Waals surface area contributed by atoms with Crippen molar-refractivity contribution in [1.82, 2.24) is 14.8 Å². The summed E-state index contributed by atoms with van der Waals surface area (Å²) >= 11 is 0. The molecular weight excluding hydrogens is 300 g/mol. The van der Waals surface area contributed by atoms with E-state index in [0.717, 1.165) is 37.6 Å². The third-order valence-corrected chi connectivity index (χ3v) is 4.57. The standard InChI is InChI=1S/C19H24N4O/c1-15-6-8-17(9-7-15)21-19(24)23-13-11-22(12-14-23)16(2)18-5-3-4-10-20-18/h3-10,16H,11-14H2,1-2H3,(H,21,24). The largest absolute Gasteiger partial charge is 0.322 e. The van der Waals surface area contributed by atoms with E-state index in [4.69, 9.17) is 0 Å². The first-order valence-electron chi connectivity index (χ1n) is 8.41. The molecular formula is C19H24N4O. The van der Waals surface area contributed by atoms with Gasteiger partial charge in [0.15, 0.2) is 0 Å². The first-order chi connectivity index (χ1) is 11.6. The molecule has 24 heavy (non-hydrogen) atoms. The average Bonchev–Trinajstić information content (AvgIpc) is 2.64. The van der Waals surface area contributed by atoms with Gasteiger partial charge in [-0.2, -0.15) is 0 Å². The molecule has 5 nitrogen and oxygen atoms in total. The highest BCUT2D eigenvalue weighted by molar-refractivity contribution is 5.89. The lowest BCUT2D eigenvalue weighted by Gasteiger charge is -2.37. The number of amides is 2. The molecule has 1 aliphatic rings. The van der Waals surface area contributed by atoms with E-state index < -0.39 is 0 Å². The zero-order chi connectivity index (χ0) is 16.9. The van der Waals surface area contributed by atoms with Crippen molar-refractivity contribution in [3.05, 3.63) is 59.9 Å². The molecule has 1 aliphatic heterocycles. The van der Waals surface area contributed by atoms with E-state index >= 15 is 0 Å². The fourth-order valence-electron chi connectivity index (χ4n) is 2.96. The number of hydrogen-bond acceptors (Lipinski definition) is 3. The Bertz CT molecular complexity index is 664. The van der Waals surface area contributed by atoms with E-state index in [1.807, 2.05) is 54.4 Å². The topological polar surface area (TPSA) is 48.5 Å². The molecule has 2 amide bonds. The van der Waals surface area contributed by atoms with E-state index in [1.54, 1.807) is 0 Å². The Kier molecular flexibility index (Phi) is 5.11. The molecule has 2 aromatic rings. The number of anilines is 1. The van der Waals surface area contributed by atoms with Crippen LogP contribution in [0.5, 0.6) is 0 Å². The highest BCUT2D eigenvalue weighted by Gasteiger charge is 2.25. The Hall–Kier alpha value is -2.40. The summed E-state index contributed by atoms with van der Waals surface area (Å²) < 4.78 is 0. The van der Waals surface area contributed by atoms with Crippen molar-refractivity contribution in [3.8, 4) is 0 Å². The number of nitrogens with one attached hydrogen (secondary N) is 1. The van der Waals surface area contributed by atoms with Crippen LogP contribution in [0, 0.1) is 6.92 Å². The molecule has 1 saturated heterocycles. The zero-order valence-electron chi connectivity index (χ0n) is 14.3. The van der Waals surface area contributed by atoms with Gasteiger partial charge in [0.05, 0.1) is 5.69 Å². The van der Waals surface area contributed by atoms with Gasteiger partial charge in [0, 0.05) is 44.1 Å². The van der Waals surface area contributed by atoms with Gasteiger partial charge in [-0.25, -0.2) is 4.79 Å². The normalized spacial score (nSPS) is 16.7. The Morgan fingerprint density at radius 3 is 2.42 bits per heavy atom. The van der Waals surface area contributed by atoms with E-state index in [9.17, 15) is 4.79 Å². The van der Waals surface area contributed by atoms with E-state index in [0.29, 0.717) is 0 Å². The van der Waals surface area contributed by atoms with Crippen molar-refractivity contribution in [1.29, 1.82) is 0 Å². The van der Waals surface area contributed by atoms with Crippen molar-refractivity contribution >= 4 is 11.7 Å². The van der Waals surface area contributed by atoms with Crippen LogP contribution in [0.2, 0.25) is 0 Å². The van der Waals surface area contributed by atoms with Crippen molar-refractivity contribution < 1.29 is 4.79 Å². The van der Waals surface area contributed by atoms with Crippen LogP contribution >= 0.6 is 0 Å². The molecule has 1 N–H and O–H groups in total. The van der Waals surface area contributed by atoms with Gasteiger partial charge < -0.3 is 10.2 Å². The summed E-state index contributed by atoms with van der Waals surface area (Å²) in [6, 6.07) is 14.1. The second-order valence-corrected chi connectivity index (χ2v) is 6.25. The van der Waals surface area contributed by atoms with Crippen molar-refractivity contribution in [2.24, 2.45) is 0 Å². The minimum Gasteiger partial charge on any atom is -0.322 e. The average molecular weight is 324 g/mol. The minimum absolute atomic E-state index is 0.0241. The zero-order valence-corrected chi connectivity index (χ0v) is 14.3. The Morgan fingerprint density at radius 1 is 1.08 bits per heavy atom. The molecule has 0 bridgehead atoms. The fraction of sp³-hybridized carbons (Fsp3) is 0.368. The number of aromatic nitrogens is 1. The summed E-state index contributed by atoms with van der Waals surface area (Å²) in [5.41, 5.74) is 3.11. The molecule has 0 aliphatic carbocycles. The summed E-state index contributed by atoms with van der Waals surface area (Å²) in [6.45, 7) is 7.39. The Labute approximate surface area is 143 Å². The summed E-state index contributed by atoms with van der Waals surface area (Å²) in [4.78, 5) is 21.1. The number of nitrogens with zero attached hydrogens (tertiary/aromatic N) is 3. The quantitative estimate of drug-likeness (QED) is 0.942. The molecule has 0 saturated carbocycles. The lowest BCUT2D eigenvalue weighted by Crippen LogP contribution is -2.50. The van der Waals surface area contributed by atoms with Crippen LogP contribution in [0.25, 0.3) is 0 Å². The van der Waals surface area contributed by atoms with Gasteiger partial charge in [0.2, 0.25) is 0 Å². The summed E-state index contributed by atoms with van der Waals surface area (Å²) in [6.07, 6.45) is 1.83. The van der Waals surface area contributed by atoms with Crippen molar-refractivity contribution in [2.45, 2.75) is 19.9 Å². The lowest BCUT2D eigenvalue weighted by molar-refractivity contribution is 0.118. The predicted octanol–water partition coefficient (Wildman–Crippen LogP) is 3.30. The maximum absolute atomic E-state index is 12.4. The number of carbonyl (C=O) groups excluding carboxylic acids is 1. The number of piperazine rings is 1. The lowest BCUT2D eigenvalue weighted by atomic mass is 10.1. The SMILES string of the molecule is Cc1ccc(NC(=O)N2CCN(C(C)c3ccccn3)CC2)cc1. The molecule has 5 heteroatoms. The number of carbonyl (C=O) groups is 1. The number of pyridine rings is 1. The molecule has 1 unspecified atom stereocenters. The highest BCUT2D eigenvalue weighted by atomic mass is 16.2. The molecule has 1 aromatic heterocycles. The van der Waals surface area contributed by atoms with Gasteiger partial charge in [-0.15, -0.1) is 0 Å². The first kappa shape index (κ1) is 16.5. The van der Waals surface area contributed by atoms with Crippen molar-refractivity contribution in [2.75, 3.05) is 31.5 Å². The molecule has 3 rings (SSSR count). The number of urea groups is 1. The monoisotopic (exact) mass is 324 g/mol. The molecule has 2 heterocycles. The van der Waals surface area contributed by atoms with Crippen LogP contribution in [-0.4, -0.2) is 47.0 Å². The fourth-order valence-corrected chi connectivity index (χ4v) is 2.96. The van der Waals surface area contributed by atoms with Crippen LogP contribution in [0.4, 0.5) is 10.5 Å². The van der Waals surface area contributed by atoms with Gasteiger partial charge in [-0.1, -0.05) is 23.8 Å². The van der Waals surface area contributed by atoms with Crippen molar-refractivity contribution in [3.63, 3.8) is 0 Å². The maximum Gasteiger partial charge on any atom is 0.321 e. The van der Waals surface area contributed by atoms with Gasteiger partial charge in [0.1, 0.15) is 0 Å². The van der Waals surface area contributed by atoms with Crippen LogP contribution in [0.3, 0.4) is 0 Å². The van der Waals surface area contributed by atoms with Crippen LogP contribution in [0.15, 0.2) is 48.7 Å². The molecule has 1 atom stereocenters. The van der Waals surface area contributed by atoms with E-state index in [-0.39, 0.29) is 12.1 Å². The number of benzene rings is 1.